The molecule has 1 atom stereocenters. The molecule has 2 aliphatic rings. The van der Waals surface area contributed by atoms with E-state index in [-0.39, 0.29) is 23.0 Å². The van der Waals surface area contributed by atoms with E-state index in [1.54, 1.807) is 18.2 Å². The highest BCUT2D eigenvalue weighted by Gasteiger charge is 2.41. The highest BCUT2D eigenvalue weighted by Crippen LogP contribution is 2.39. The van der Waals surface area contributed by atoms with Crippen LogP contribution in [0.4, 0.5) is 4.39 Å². The monoisotopic (exact) mass is 396 g/mol. The van der Waals surface area contributed by atoms with Crippen molar-refractivity contribution in [2.75, 3.05) is 19.6 Å². The number of benzene rings is 2. The van der Waals surface area contributed by atoms with Crippen molar-refractivity contribution in [1.82, 2.24) is 9.80 Å². The second-order valence-electron chi connectivity index (χ2n) is 8.46. The van der Waals surface area contributed by atoms with Crippen LogP contribution in [0.1, 0.15) is 43.2 Å². The van der Waals surface area contributed by atoms with Crippen LogP contribution in [-0.2, 0) is 17.8 Å². The summed E-state index contributed by atoms with van der Waals surface area (Å²) >= 11 is 0. The Balaban J connectivity index is 1.40. The topological polar surface area (TPSA) is 43.8 Å². The molecular formula is C24H29FN2O2. The standard InChI is InChI=1S/C24H29FN2O2/c25-21-8-6-19(7-9-21)18-27-14-3-11-24(27)10-2-13-26(15-12-24)23(29)17-20-4-1-5-22(28)16-20/h1,4-9,16,28H,2-3,10-15,17-18H2. The molecule has 0 radical (unpaired) electrons. The van der Waals surface area contributed by atoms with Gasteiger partial charge in [-0.15, -0.1) is 0 Å². The van der Waals surface area contributed by atoms with Gasteiger partial charge in [-0.3, -0.25) is 9.69 Å². The van der Waals surface area contributed by atoms with E-state index in [0.29, 0.717) is 6.42 Å². The molecule has 1 amide bonds. The van der Waals surface area contributed by atoms with Crippen LogP contribution in [0.5, 0.6) is 5.75 Å². The van der Waals surface area contributed by atoms with Crippen molar-refractivity contribution < 1.29 is 14.3 Å². The molecule has 29 heavy (non-hydrogen) atoms. The van der Waals surface area contributed by atoms with Gasteiger partial charge in [-0.05, 0) is 74.0 Å². The summed E-state index contributed by atoms with van der Waals surface area (Å²) < 4.78 is 13.2. The van der Waals surface area contributed by atoms with Crippen molar-refractivity contribution in [3.05, 3.63) is 65.5 Å². The Morgan fingerprint density at radius 3 is 2.48 bits per heavy atom. The van der Waals surface area contributed by atoms with Crippen LogP contribution in [0.15, 0.2) is 48.5 Å². The van der Waals surface area contributed by atoms with Gasteiger partial charge in [0.15, 0.2) is 0 Å². The predicted octanol–water partition coefficient (Wildman–Crippen LogP) is 4.12. The maximum Gasteiger partial charge on any atom is 0.226 e. The Bertz CT molecular complexity index is 854. The van der Waals surface area contributed by atoms with E-state index in [9.17, 15) is 14.3 Å². The van der Waals surface area contributed by atoms with Crippen molar-refractivity contribution in [2.24, 2.45) is 0 Å². The zero-order valence-corrected chi connectivity index (χ0v) is 16.8. The average molecular weight is 397 g/mol. The van der Waals surface area contributed by atoms with E-state index < -0.39 is 0 Å². The number of hydrogen-bond acceptors (Lipinski definition) is 3. The minimum absolute atomic E-state index is 0.135. The van der Waals surface area contributed by atoms with E-state index >= 15 is 0 Å². The highest BCUT2D eigenvalue weighted by atomic mass is 19.1. The first kappa shape index (κ1) is 19.9. The van der Waals surface area contributed by atoms with Crippen molar-refractivity contribution in [1.29, 1.82) is 0 Å². The van der Waals surface area contributed by atoms with Gasteiger partial charge in [0.25, 0.3) is 0 Å². The molecule has 4 rings (SSSR count). The lowest BCUT2D eigenvalue weighted by atomic mass is 9.87. The first-order chi connectivity index (χ1) is 14.0. The van der Waals surface area contributed by atoms with Gasteiger partial charge in [-0.2, -0.15) is 0 Å². The van der Waals surface area contributed by atoms with Crippen LogP contribution in [0.25, 0.3) is 0 Å². The zero-order valence-electron chi connectivity index (χ0n) is 16.8. The lowest BCUT2D eigenvalue weighted by molar-refractivity contribution is -0.130. The fourth-order valence-electron chi connectivity index (χ4n) is 5.00. The van der Waals surface area contributed by atoms with Gasteiger partial charge in [0.05, 0.1) is 6.42 Å². The van der Waals surface area contributed by atoms with Crippen molar-refractivity contribution in [2.45, 2.75) is 50.6 Å². The van der Waals surface area contributed by atoms with E-state index in [4.69, 9.17) is 0 Å². The number of likely N-dealkylation sites (tertiary alicyclic amines) is 2. The summed E-state index contributed by atoms with van der Waals surface area (Å²) in [6.45, 7) is 3.48. The Hall–Kier alpha value is -2.40. The Kier molecular flexibility index (Phi) is 5.86. The summed E-state index contributed by atoms with van der Waals surface area (Å²) in [5.74, 6) is 0.142. The number of hydrogen-bond donors (Lipinski definition) is 1. The third-order valence-corrected chi connectivity index (χ3v) is 6.56. The van der Waals surface area contributed by atoms with Crippen molar-refractivity contribution in [3.63, 3.8) is 0 Å². The molecular weight excluding hydrogens is 367 g/mol. The fraction of sp³-hybridized carbons (Fsp3) is 0.458. The van der Waals surface area contributed by atoms with E-state index in [0.717, 1.165) is 56.6 Å². The normalized spacial score (nSPS) is 22.7. The Morgan fingerprint density at radius 2 is 1.72 bits per heavy atom. The third kappa shape index (κ3) is 4.61. The lowest BCUT2D eigenvalue weighted by Crippen LogP contribution is -2.44. The SMILES string of the molecule is O=C(Cc1cccc(O)c1)N1CCCC2(CCCN2Cc2ccc(F)cc2)CC1. The van der Waals surface area contributed by atoms with Gasteiger partial charge >= 0.3 is 0 Å². The number of carbonyl (C=O) groups excluding carboxylic acids is 1. The number of halogens is 1. The zero-order chi connectivity index (χ0) is 20.3. The molecule has 2 fully saturated rings. The summed E-state index contributed by atoms with van der Waals surface area (Å²) in [4.78, 5) is 17.4. The maximum atomic E-state index is 13.2. The van der Waals surface area contributed by atoms with Crippen LogP contribution >= 0.6 is 0 Å². The molecule has 0 aliphatic carbocycles. The molecule has 1 N–H and O–H groups in total. The van der Waals surface area contributed by atoms with Gasteiger partial charge in [0.2, 0.25) is 5.91 Å². The summed E-state index contributed by atoms with van der Waals surface area (Å²) in [6, 6.07) is 13.8. The Labute approximate surface area is 171 Å². The molecule has 5 heteroatoms. The minimum atomic E-state index is -0.194. The summed E-state index contributed by atoms with van der Waals surface area (Å²) in [6.07, 6.45) is 5.78. The number of aromatic hydroxyl groups is 1. The number of phenolic OH excluding ortho intramolecular Hbond substituents is 1. The highest BCUT2D eigenvalue weighted by molar-refractivity contribution is 5.79. The largest absolute Gasteiger partial charge is 0.508 e. The van der Waals surface area contributed by atoms with Crippen LogP contribution in [0, 0.1) is 5.82 Å². The van der Waals surface area contributed by atoms with Crippen LogP contribution in [0.3, 0.4) is 0 Å². The van der Waals surface area contributed by atoms with E-state index in [1.807, 2.05) is 23.1 Å². The van der Waals surface area contributed by atoms with Crippen molar-refractivity contribution in [3.8, 4) is 5.75 Å². The van der Waals surface area contributed by atoms with Crippen molar-refractivity contribution >= 4 is 5.91 Å². The molecule has 4 nitrogen and oxygen atoms in total. The summed E-state index contributed by atoms with van der Waals surface area (Å²) in [5, 5.41) is 9.63. The number of nitrogens with zero attached hydrogens (tertiary/aromatic N) is 2. The molecule has 2 aromatic rings. The molecule has 0 aromatic heterocycles. The van der Waals surface area contributed by atoms with Crippen LogP contribution in [0.2, 0.25) is 0 Å². The summed E-state index contributed by atoms with van der Waals surface area (Å²) in [5.41, 5.74) is 2.15. The van der Waals surface area contributed by atoms with Crippen LogP contribution < -0.4 is 0 Å². The minimum Gasteiger partial charge on any atom is -0.508 e. The van der Waals surface area contributed by atoms with Gasteiger partial charge in [-0.25, -0.2) is 4.39 Å². The second-order valence-corrected chi connectivity index (χ2v) is 8.46. The molecule has 2 saturated heterocycles. The quantitative estimate of drug-likeness (QED) is 0.845. The smallest absolute Gasteiger partial charge is 0.226 e. The molecule has 2 aliphatic heterocycles. The molecule has 154 valence electrons. The van der Waals surface area contributed by atoms with Gasteiger partial charge in [-0.1, -0.05) is 24.3 Å². The number of carbonyl (C=O) groups is 1. The number of rotatable bonds is 4. The Morgan fingerprint density at radius 1 is 0.966 bits per heavy atom. The first-order valence-corrected chi connectivity index (χ1v) is 10.6. The molecule has 1 spiro atoms. The molecule has 2 heterocycles. The third-order valence-electron chi connectivity index (χ3n) is 6.56. The number of phenols is 1. The molecule has 0 bridgehead atoms. The van der Waals surface area contributed by atoms with Gasteiger partial charge in [0, 0.05) is 25.2 Å². The molecule has 1 unspecified atom stereocenters. The van der Waals surface area contributed by atoms with E-state index in [2.05, 4.69) is 4.90 Å². The average Bonchev–Trinajstić information content (AvgIpc) is 2.94. The summed E-state index contributed by atoms with van der Waals surface area (Å²) in [7, 11) is 0. The fourth-order valence-corrected chi connectivity index (χ4v) is 5.00. The predicted molar refractivity (Wildman–Crippen MR) is 111 cm³/mol. The molecule has 2 aromatic carbocycles. The van der Waals surface area contributed by atoms with Gasteiger partial charge < -0.3 is 10.0 Å². The number of amides is 1. The van der Waals surface area contributed by atoms with Crippen LogP contribution in [-0.4, -0.2) is 46.0 Å². The second kappa shape index (κ2) is 8.54. The van der Waals surface area contributed by atoms with Gasteiger partial charge in [0.1, 0.15) is 11.6 Å². The molecule has 0 saturated carbocycles. The van der Waals surface area contributed by atoms with E-state index in [1.165, 1.54) is 25.0 Å². The lowest BCUT2D eigenvalue weighted by Gasteiger charge is -2.38. The maximum absolute atomic E-state index is 13.2. The first-order valence-electron chi connectivity index (χ1n) is 10.6.